The zero-order chi connectivity index (χ0) is 11.1. The number of hydroxylamine groups is 1. The van der Waals surface area contributed by atoms with E-state index in [1.165, 1.54) is 11.3 Å². The van der Waals surface area contributed by atoms with Crippen LogP contribution in [0.5, 0.6) is 0 Å². The number of rotatable bonds is 1. The van der Waals surface area contributed by atoms with Crippen LogP contribution >= 0.6 is 11.3 Å². The predicted molar refractivity (Wildman–Crippen MR) is 47.5 cm³/mol. The third kappa shape index (κ3) is 1.73. The maximum Gasteiger partial charge on any atom is 0.449 e. The van der Waals surface area contributed by atoms with E-state index in [1.54, 1.807) is 17.5 Å². The summed E-state index contributed by atoms with van der Waals surface area (Å²) in [5.74, 6) is -3.24. The lowest BCUT2D eigenvalue weighted by molar-refractivity contribution is -0.345. The minimum absolute atomic E-state index is 0.116. The van der Waals surface area contributed by atoms with Crippen LogP contribution in [-0.4, -0.2) is 17.1 Å². The number of nitrogens with one attached hydrogen (secondary N) is 1. The van der Waals surface area contributed by atoms with Crippen LogP contribution in [0.2, 0.25) is 0 Å². The number of hydrogen-bond donors (Lipinski definition) is 2. The first-order valence-corrected chi connectivity index (χ1v) is 4.80. The minimum Gasteiger partial charge on any atom is -0.354 e. The molecule has 0 saturated carbocycles. The highest BCUT2D eigenvalue weighted by molar-refractivity contribution is 7.11. The molecule has 0 fully saturated rings. The second-order valence-electron chi connectivity index (χ2n) is 2.93. The zero-order valence-corrected chi connectivity index (χ0v) is 8.02. The van der Waals surface area contributed by atoms with Crippen LogP contribution in [0.15, 0.2) is 23.6 Å². The summed E-state index contributed by atoms with van der Waals surface area (Å²) in [5, 5.41) is 10.8. The van der Waals surface area contributed by atoms with E-state index in [1.807, 2.05) is 0 Å². The van der Waals surface area contributed by atoms with Gasteiger partial charge in [-0.05, 0) is 11.4 Å². The van der Waals surface area contributed by atoms with Crippen molar-refractivity contribution in [1.82, 2.24) is 5.48 Å². The molecule has 7 heteroatoms. The molecule has 2 N–H and O–H groups in total. The molecule has 2 heterocycles. The number of alkyl halides is 3. The van der Waals surface area contributed by atoms with Gasteiger partial charge in [-0.25, -0.2) is 4.84 Å². The van der Waals surface area contributed by atoms with Crippen molar-refractivity contribution in [2.75, 3.05) is 0 Å². The summed E-state index contributed by atoms with van der Waals surface area (Å²) in [7, 11) is 0. The van der Waals surface area contributed by atoms with E-state index in [9.17, 15) is 13.2 Å². The van der Waals surface area contributed by atoms with Crippen LogP contribution in [0.1, 0.15) is 4.88 Å². The molecule has 0 amide bonds. The van der Waals surface area contributed by atoms with Crippen molar-refractivity contribution in [3.05, 3.63) is 28.5 Å². The Morgan fingerprint density at radius 3 is 2.67 bits per heavy atom. The fourth-order valence-electron chi connectivity index (χ4n) is 1.08. The topological polar surface area (TPSA) is 41.5 Å². The number of hydrogen-bond acceptors (Lipinski definition) is 4. The molecule has 1 aromatic heterocycles. The number of halogens is 3. The van der Waals surface area contributed by atoms with Gasteiger partial charge in [0, 0.05) is 6.08 Å². The maximum absolute atomic E-state index is 12.3. The van der Waals surface area contributed by atoms with Crippen LogP contribution in [0.4, 0.5) is 13.2 Å². The quantitative estimate of drug-likeness (QED) is 0.783. The Labute approximate surface area is 86.7 Å². The minimum atomic E-state index is -4.86. The van der Waals surface area contributed by atoms with Crippen LogP contribution in [0.3, 0.4) is 0 Å². The standard InChI is InChI=1S/C8H6F3NO2S/c9-8(10,11)7(13)4-5(12-14-7)6-2-1-3-15-6/h1-4,12-13H. The van der Waals surface area contributed by atoms with Gasteiger partial charge in [0.1, 0.15) is 0 Å². The molecular weight excluding hydrogens is 231 g/mol. The Kier molecular flexibility index (Phi) is 2.25. The molecule has 0 bridgehead atoms. The van der Waals surface area contributed by atoms with Gasteiger partial charge in [-0.3, -0.25) is 5.48 Å². The number of aliphatic hydroxyl groups is 1. The molecule has 0 aliphatic carbocycles. The van der Waals surface area contributed by atoms with Gasteiger partial charge >= 0.3 is 12.0 Å². The maximum atomic E-state index is 12.3. The normalized spacial score (nSPS) is 26.3. The molecule has 2 rings (SSSR count). The van der Waals surface area contributed by atoms with Gasteiger partial charge in [0.25, 0.3) is 0 Å². The molecule has 0 saturated heterocycles. The van der Waals surface area contributed by atoms with E-state index in [4.69, 9.17) is 5.11 Å². The summed E-state index contributed by atoms with van der Waals surface area (Å²) in [5.41, 5.74) is 2.17. The molecule has 1 atom stereocenters. The first-order valence-electron chi connectivity index (χ1n) is 3.92. The molecule has 0 radical (unpaired) electrons. The average molecular weight is 237 g/mol. The molecule has 1 aliphatic heterocycles. The van der Waals surface area contributed by atoms with Crippen molar-refractivity contribution in [3.63, 3.8) is 0 Å². The van der Waals surface area contributed by atoms with Crippen molar-refractivity contribution in [3.8, 4) is 0 Å². The van der Waals surface area contributed by atoms with Crippen molar-refractivity contribution in [2.24, 2.45) is 0 Å². The van der Waals surface area contributed by atoms with Crippen molar-refractivity contribution in [1.29, 1.82) is 0 Å². The van der Waals surface area contributed by atoms with Crippen LogP contribution in [-0.2, 0) is 4.84 Å². The second kappa shape index (κ2) is 3.22. The molecule has 1 aliphatic rings. The fraction of sp³-hybridized carbons (Fsp3) is 0.250. The fourth-order valence-corrected chi connectivity index (χ4v) is 1.77. The van der Waals surface area contributed by atoms with Gasteiger partial charge < -0.3 is 5.11 Å². The summed E-state index contributed by atoms with van der Waals surface area (Å²) in [4.78, 5) is 4.70. The second-order valence-corrected chi connectivity index (χ2v) is 3.88. The van der Waals surface area contributed by atoms with Gasteiger partial charge in [0.05, 0.1) is 10.6 Å². The molecule has 0 spiro atoms. The average Bonchev–Trinajstić information content (AvgIpc) is 2.70. The first kappa shape index (κ1) is 10.5. The van der Waals surface area contributed by atoms with E-state index < -0.39 is 12.0 Å². The van der Waals surface area contributed by atoms with E-state index in [0.29, 0.717) is 11.0 Å². The monoisotopic (exact) mass is 237 g/mol. The van der Waals surface area contributed by atoms with Crippen LogP contribution < -0.4 is 5.48 Å². The molecule has 1 unspecified atom stereocenters. The first-order chi connectivity index (χ1) is 6.92. The molecule has 82 valence electrons. The zero-order valence-electron chi connectivity index (χ0n) is 7.21. The summed E-state index contributed by atoms with van der Waals surface area (Å²) in [6.45, 7) is 0. The summed E-state index contributed by atoms with van der Waals surface area (Å²) >= 11 is 1.24. The Hall–Kier alpha value is -1.05. The van der Waals surface area contributed by atoms with E-state index in [0.717, 1.165) is 0 Å². The van der Waals surface area contributed by atoms with Gasteiger partial charge in [-0.15, -0.1) is 11.3 Å². The molecular formula is C8H6F3NO2S. The van der Waals surface area contributed by atoms with Crippen LogP contribution in [0, 0.1) is 0 Å². The van der Waals surface area contributed by atoms with Crippen LogP contribution in [0.25, 0.3) is 5.70 Å². The number of thiophene rings is 1. The van der Waals surface area contributed by atoms with Gasteiger partial charge in [0.15, 0.2) is 0 Å². The molecule has 0 aromatic carbocycles. The summed E-state index contributed by atoms with van der Waals surface area (Å²) < 4.78 is 36.9. The lowest BCUT2D eigenvalue weighted by atomic mass is 10.2. The highest BCUT2D eigenvalue weighted by Crippen LogP contribution is 2.38. The van der Waals surface area contributed by atoms with E-state index in [-0.39, 0.29) is 5.70 Å². The molecule has 3 nitrogen and oxygen atoms in total. The predicted octanol–water partition coefficient (Wildman–Crippen LogP) is 1.87. The Bertz CT molecular complexity index is 387. The largest absolute Gasteiger partial charge is 0.449 e. The Balaban J connectivity index is 2.30. The SMILES string of the molecule is OC1(C(F)(F)F)C=C(c2cccs2)NO1. The van der Waals surface area contributed by atoms with E-state index in [2.05, 4.69) is 10.3 Å². The van der Waals surface area contributed by atoms with Crippen molar-refractivity contribution < 1.29 is 23.1 Å². The summed E-state index contributed by atoms with van der Waals surface area (Å²) in [6.07, 6.45) is -4.25. The Morgan fingerprint density at radius 2 is 2.20 bits per heavy atom. The van der Waals surface area contributed by atoms with Gasteiger partial charge in [-0.2, -0.15) is 13.2 Å². The van der Waals surface area contributed by atoms with Crippen molar-refractivity contribution in [2.45, 2.75) is 12.0 Å². The smallest absolute Gasteiger partial charge is 0.354 e. The third-order valence-electron chi connectivity index (χ3n) is 1.85. The molecule has 1 aromatic rings. The van der Waals surface area contributed by atoms with Gasteiger partial charge in [0.2, 0.25) is 0 Å². The van der Waals surface area contributed by atoms with Crippen molar-refractivity contribution >= 4 is 17.0 Å². The molecule has 15 heavy (non-hydrogen) atoms. The van der Waals surface area contributed by atoms with Gasteiger partial charge in [-0.1, -0.05) is 6.07 Å². The van der Waals surface area contributed by atoms with E-state index >= 15 is 0 Å². The lowest BCUT2D eigenvalue weighted by Crippen LogP contribution is -2.45. The Morgan fingerprint density at radius 1 is 1.47 bits per heavy atom. The third-order valence-corrected chi connectivity index (χ3v) is 2.75. The highest BCUT2D eigenvalue weighted by Gasteiger charge is 2.57. The lowest BCUT2D eigenvalue weighted by Gasteiger charge is -2.21. The summed E-state index contributed by atoms with van der Waals surface area (Å²) in [6, 6.07) is 3.31. The highest BCUT2D eigenvalue weighted by atomic mass is 32.1.